The van der Waals surface area contributed by atoms with Gasteiger partial charge in [0.1, 0.15) is 0 Å². The number of rotatable bonds is 2. The summed E-state index contributed by atoms with van der Waals surface area (Å²) in [5.74, 6) is 0.00908. The van der Waals surface area contributed by atoms with E-state index in [1.807, 2.05) is 0 Å². The average molecular weight is 322 g/mol. The van der Waals surface area contributed by atoms with E-state index < -0.39 is 9.84 Å². The van der Waals surface area contributed by atoms with Gasteiger partial charge in [-0.1, -0.05) is 0 Å². The lowest BCUT2D eigenvalue weighted by Gasteiger charge is -2.09. The predicted molar refractivity (Wildman–Crippen MR) is 65.7 cm³/mol. The van der Waals surface area contributed by atoms with E-state index in [0.717, 1.165) is 5.56 Å². The molecule has 1 fully saturated rings. The SMILES string of the molecule is Cc1cc(Br)oc1C(=O)NC1CCS(=O)(=O)C1. The molecule has 0 saturated carbocycles. The Morgan fingerprint density at radius 2 is 2.29 bits per heavy atom. The van der Waals surface area contributed by atoms with E-state index in [2.05, 4.69) is 21.2 Å². The van der Waals surface area contributed by atoms with Gasteiger partial charge in [0, 0.05) is 11.6 Å². The van der Waals surface area contributed by atoms with Crippen LogP contribution in [-0.2, 0) is 9.84 Å². The van der Waals surface area contributed by atoms with Gasteiger partial charge in [-0.2, -0.15) is 0 Å². The second-order valence-electron chi connectivity index (χ2n) is 4.14. The largest absolute Gasteiger partial charge is 0.444 e. The lowest BCUT2D eigenvalue weighted by molar-refractivity contribution is 0.0911. The van der Waals surface area contributed by atoms with Crippen LogP contribution in [0.1, 0.15) is 22.5 Å². The highest BCUT2D eigenvalue weighted by atomic mass is 79.9. The summed E-state index contributed by atoms with van der Waals surface area (Å²) in [6.07, 6.45) is 0.467. The van der Waals surface area contributed by atoms with Gasteiger partial charge >= 0.3 is 0 Å². The smallest absolute Gasteiger partial charge is 0.287 e. The molecule has 0 spiro atoms. The molecule has 1 aromatic heterocycles. The lowest BCUT2D eigenvalue weighted by atomic mass is 10.2. The van der Waals surface area contributed by atoms with Crippen molar-refractivity contribution in [1.29, 1.82) is 0 Å². The van der Waals surface area contributed by atoms with Crippen LogP contribution in [0.5, 0.6) is 0 Å². The van der Waals surface area contributed by atoms with Crippen molar-refractivity contribution >= 4 is 31.7 Å². The van der Waals surface area contributed by atoms with Crippen LogP contribution in [0, 0.1) is 6.92 Å². The third-order valence-corrected chi connectivity index (χ3v) is 4.82. The summed E-state index contributed by atoms with van der Waals surface area (Å²) in [7, 11) is -2.98. The van der Waals surface area contributed by atoms with Crippen LogP contribution in [0.3, 0.4) is 0 Å². The molecule has 1 aliphatic heterocycles. The van der Waals surface area contributed by atoms with Gasteiger partial charge in [-0.15, -0.1) is 0 Å². The molecule has 1 aromatic rings. The first-order valence-electron chi connectivity index (χ1n) is 5.14. The van der Waals surface area contributed by atoms with E-state index in [1.54, 1.807) is 13.0 Å². The summed E-state index contributed by atoms with van der Waals surface area (Å²) in [6.45, 7) is 1.76. The fourth-order valence-electron chi connectivity index (χ4n) is 1.83. The minimum absolute atomic E-state index is 0.0136. The molecule has 1 saturated heterocycles. The predicted octanol–water partition coefficient (Wildman–Crippen LogP) is 1.27. The third kappa shape index (κ3) is 2.90. The van der Waals surface area contributed by atoms with E-state index in [0.29, 0.717) is 11.1 Å². The van der Waals surface area contributed by atoms with Crippen LogP contribution in [0.2, 0.25) is 0 Å². The Bertz CT molecular complexity index is 549. The number of aryl methyl sites for hydroxylation is 1. The van der Waals surface area contributed by atoms with E-state index in [4.69, 9.17) is 4.42 Å². The zero-order chi connectivity index (χ0) is 12.6. The summed E-state index contributed by atoms with van der Waals surface area (Å²) in [4.78, 5) is 11.8. The number of hydrogen-bond acceptors (Lipinski definition) is 4. The van der Waals surface area contributed by atoms with E-state index in [9.17, 15) is 13.2 Å². The maximum atomic E-state index is 11.8. The highest BCUT2D eigenvalue weighted by Gasteiger charge is 2.30. The molecule has 17 heavy (non-hydrogen) atoms. The Morgan fingerprint density at radius 3 is 2.76 bits per heavy atom. The van der Waals surface area contributed by atoms with Crippen molar-refractivity contribution in [3.8, 4) is 0 Å². The van der Waals surface area contributed by atoms with Crippen molar-refractivity contribution < 1.29 is 17.6 Å². The molecule has 5 nitrogen and oxygen atoms in total. The molecule has 1 atom stereocenters. The normalized spacial score (nSPS) is 22.6. The quantitative estimate of drug-likeness (QED) is 0.889. The zero-order valence-electron chi connectivity index (χ0n) is 9.20. The summed E-state index contributed by atoms with van der Waals surface area (Å²) in [5, 5.41) is 2.67. The highest BCUT2D eigenvalue weighted by Crippen LogP contribution is 2.20. The van der Waals surface area contributed by atoms with E-state index >= 15 is 0 Å². The summed E-state index contributed by atoms with van der Waals surface area (Å²) < 4.78 is 28.2. The van der Waals surface area contributed by atoms with Crippen LogP contribution in [0.15, 0.2) is 15.2 Å². The maximum Gasteiger partial charge on any atom is 0.287 e. The first-order valence-corrected chi connectivity index (χ1v) is 7.76. The zero-order valence-corrected chi connectivity index (χ0v) is 11.6. The second kappa shape index (κ2) is 4.45. The van der Waals surface area contributed by atoms with Gasteiger partial charge in [-0.05, 0) is 35.3 Å². The summed E-state index contributed by atoms with van der Waals surface area (Å²) in [6, 6.07) is 1.39. The van der Waals surface area contributed by atoms with Gasteiger partial charge in [-0.25, -0.2) is 8.42 Å². The van der Waals surface area contributed by atoms with E-state index in [-0.39, 0.29) is 29.2 Å². The Balaban J connectivity index is 2.06. The minimum Gasteiger partial charge on any atom is -0.444 e. The molecule has 2 heterocycles. The molecule has 0 aliphatic carbocycles. The van der Waals surface area contributed by atoms with Gasteiger partial charge in [-0.3, -0.25) is 4.79 Å². The third-order valence-electron chi connectivity index (χ3n) is 2.66. The number of halogens is 1. The molecule has 0 radical (unpaired) electrons. The number of hydrogen-bond donors (Lipinski definition) is 1. The van der Waals surface area contributed by atoms with Gasteiger partial charge in [0.15, 0.2) is 20.3 Å². The summed E-state index contributed by atoms with van der Waals surface area (Å²) in [5.41, 5.74) is 0.718. The molecule has 0 bridgehead atoms. The minimum atomic E-state index is -2.98. The number of nitrogens with one attached hydrogen (secondary N) is 1. The van der Waals surface area contributed by atoms with Crippen molar-refractivity contribution in [1.82, 2.24) is 5.32 Å². The Hall–Kier alpha value is -0.820. The lowest BCUT2D eigenvalue weighted by Crippen LogP contribution is -2.35. The number of sulfone groups is 1. The van der Waals surface area contributed by atoms with E-state index in [1.165, 1.54) is 0 Å². The fourth-order valence-corrected chi connectivity index (χ4v) is 4.01. The van der Waals surface area contributed by atoms with Crippen molar-refractivity contribution in [3.63, 3.8) is 0 Å². The highest BCUT2D eigenvalue weighted by molar-refractivity contribution is 9.10. The standard InChI is InChI=1S/C10H12BrNO4S/c1-6-4-8(11)16-9(6)10(13)12-7-2-3-17(14,15)5-7/h4,7H,2-3,5H2,1H3,(H,12,13). The number of amides is 1. The molecule has 1 amide bonds. The molecule has 7 heteroatoms. The number of furan rings is 1. The fraction of sp³-hybridized carbons (Fsp3) is 0.500. The van der Waals surface area contributed by atoms with Gasteiger partial charge in [0.2, 0.25) is 0 Å². The van der Waals surface area contributed by atoms with Crippen LogP contribution < -0.4 is 5.32 Å². The maximum absolute atomic E-state index is 11.8. The molecule has 1 N–H and O–H groups in total. The Labute approximate surface area is 108 Å². The molecular formula is C10H12BrNO4S. The summed E-state index contributed by atoms with van der Waals surface area (Å²) >= 11 is 3.14. The monoisotopic (exact) mass is 321 g/mol. The Kier molecular flexibility index (Phi) is 3.31. The molecule has 1 aliphatic rings. The van der Waals surface area contributed by atoms with Crippen LogP contribution in [0.4, 0.5) is 0 Å². The van der Waals surface area contributed by atoms with Gasteiger partial charge in [0.25, 0.3) is 5.91 Å². The molecule has 0 aromatic carbocycles. The molecule has 1 unspecified atom stereocenters. The van der Waals surface area contributed by atoms with Crippen molar-refractivity contribution in [3.05, 3.63) is 22.1 Å². The molecule has 94 valence electrons. The van der Waals surface area contributed by atoms with Crippen LogP contribution in [0.25, 0.3) is 0 Å². The van der Waals surface area contributed by atoms with Crippen molar-refractivity contribution in [2.45, 2.75) is 19.4 Å². The average Bonchev–Trinajstić information content (AvgIpc) is 2.69. The van der Waals surface area contributed by atoms with Crippen molar-refractivity contribution in [2.24, 2.45) is 0 Å². The van der Waals surface area contributed by atoms with Gasteiger partial charge < -0.3 is 9.73 Å². The first-order chi connectivity index (χ1) is 7.87. The first kappa shape index (κ1) is 12.6. The van der Waals surface area contributed by atoms with Gasteiger partial charge in [0.05, 0.1) is 11.5 Å². The van der Waals surface area contributed by atoms with Crippen LogP contribution in [-0.4, -0.2) is 31.9 Å². The molecular weight excluding hydrogens is 310 g/mol. The van der Waals surface area contributed by atoms with Crippen molar-refractivity contribution in [2.75, 3.05) is 11.5 Å². The number of carbonyl (C=O) groups excluding carboxylic acids is 1. The topological polar surface area (TPSA) is 76.4 Å². The molecule has 2 rings (SSSR count). The Morgan fingerprint density at radius 1 is 1.59 bits per heavy atom. The van der Waals surface area contributed by atoms with Crippen LogP contribution >= 0.6 is 15.9 Å². The second-order valence-corrected chi connectivity index (χ2v) is 7.15. The number of carbonyl (C=O) groups is 1.